The van der Waals surface area contributed by atoms with E-state index in [-0.39, 0.29) is 5.82 Å². The summed E-state index contributed by atoms with van der Waals surface area (Å²) >= 11 is 0. The molecule has 72 valence electrons. The first kappa shape index (κ1) is 9.99. The largest absolute Gasteiger partial charge is 0.389 e. The molecule has 0 amide bonds. The van der Waals surface area contributed by atoms with Crippen molar-refractivity contribution in [1.82, 2.24) is 0 Å². The van der Waals surface area contributed by atoms with Crippen LogP contribution in [0.5, 0.6) is 0 Å². The Kier molecular flexibility index (Phi) is 2.88. The van der Waals surface area contributed by atoms with Gasteiger partial charge < -0.3 is 10.0 Å². The number of rotatable bonds is 2. The second kappa shape index (κ2) is 3.75. The van der Waals surface area contributed by atoms with Gasteiger partial charge in [0, 0.05) is 14.1 Å². The third-order valence-electron chi connectivity index (χ3n) is 1.94. The van der Waals surface area contributed by atoms with Crippen LogP contribution in [-0.2, 0) is 0 Å². The van der Waals surface area contributed by atoms with Crippen molar-refractivity contribution in [3.8, 4) is 0 Å². The van der Waals surface area contributed by atoms with Gasteiger partial charge in [-0.2, -0.15) is 0 Å². The van der Waals surface area contributed by atoms with Gasteiger partial charge in [-0.05, 0) is 24.6 Å². The quantitative estimate of drug-likeness (QED) is 0.757. The van der Waals surface area contributed by atoms with Crippen molar-refractivity contribution in [3.63, 3.8) is 0 Å². The molecule has 0 aromatic heterocycles. The van der Waals surface area contributed by atoms with Crippen LogP contribution < -0.4 is 4.90 Å². The van der Waals surface area contributed by atoms with Crippen molar-refractivity contribution in [2.45, 2.75) is 13.0 Å². The fraction of sp³-hybridized carbons (Fsp3) is 0.400. The predicted molar refractivity (Wildman–Crippen MR) is 51.4 cm³/mol. The monoisotopic (exact) mass is 183 g/mol. The van der Waals surface area contributed by atoms with E-state index in [1.807, 2.05) is 0 Å². The van der Waals surface area contributed by atoms with Crippen LogP contribution in [0.3, 0.4) is 0 Å². The fourth-order valence-electron chi connectivity index (χ4n) is 1.15. The molecule has 3 heteroatoms. The van der Waals surface area contributed by atoms with E-state index in [2.05, 4.69) is 0 Å². The zero-order valence-electron chi connectivity index (χ0n) is 8.08. The third-order valence-corrected chi connectivity index (χ3v) is 1.94. The Balaban J connectivity index is 3.06. The molecule has 0 unspecified atom stereocenters. The topological polar surface area (TPSA) is 23.5 Å². The van der Waals surface area contributed by atoms with Crippen molar-refractivity contribution in [3.05, 3.63) is 29.6 Å². The number of aliphatic hydroxyl groups is 1. The van der Waals surface area contributed by atoms with Crippen LogP contribution in [0.25, 0.3) is 0 Å². The minimum atomic E-state index is -0.620. The maximum Gasteiger partial charge on any atom is 0.146 e. The standard InChI is InChI=1S/C10H14FNO/c1-7(13)8-4-5-10(12(2)3)9(11)6-8/h4-7,13H,1-3H3/t7-/m0/s1. The molecule has 0 fully saturated rings. The van der Waals surface area contributed by atoms with Gasteiger partial charge in [-0.3, -0.25) is 0 Å². The normalized spacial score (nSPS) is 12.7. The Morgan fingerprint density at radius 1 is 1.38 bits per heavy atom. The summed E-state index contributed by atoms with van der Waals surface area (Å²) in [6, 6.07) is 4.75. The molecule has 0 heterocycles. The van der Waals surface area contributed by atoms with Crippen LogP contribution in [0.4, 0.5) is 10.1 Å². The molecule has 0 bridgehead atoms. The molecular formula is C10H14FNO. The highest BCUT2D eigenvalue weighted by atomic mass is 19.1. The van der Waals surface area contributed by atoms with Crippen molar-refractivity contribution in [2.75, 3.05) is 19.0 Å². The average Bonchev–Trinajstić information content (AvgIpc) is 2.03. The van der Waals surface area contributed by atoms with Crippen LogP contribution in [0.15, 0.2) is 18.2 Å². The number of benzene rings is 1. The molecule has 1 aromatic carbocycles. The Morgan fingerprint density at radius 2 is 2.00 bits per heavy atom. The highest BCUT2D eigenvalue weighted by Gasteiger charge is 2.07. The SMILES string of the molecule is C[C@H](O)c1ccc(N(C)C)c(F)c1. The van der Waals surface area contributed by atoms with E-state index < -0.39 is 6.10 Å². The highest BCUT2D eigenvalue weighted by molar-refractivity contribution is 5.47. The summed E-state index contributed by atoms with van der Waals surface area (Å²) in [5.41, 5.74) is 1.13. The second-order valence-corrected chi connectivity index (χ2v) is 3.28. The summed E-state index contributed by atoms with van der Waals surface area (Å²) in [4.78, 5) is 1.70. The summed E-state index contributed by atoms with van der Waals surface area (Å²) in [6.07, 6.45) is -0.620. The van der Waals surface area contributed by atoms with E-state index in [9.17, 15) is 9.50 Å². The van der Waals surface area contributed by atoms with Crippen LogP contribution in [0, 0.1) is 5.82 Å². The lowest BCUT2D eigenvalue weighted by atomic mass is 10.1. The van der Waals surface area contributed by atoms with Gasteiger partial charge in [0.1, 0.15) is 5.82 Å². The first-order chi connectivity index (χ1) is 6.02. The molecular weight excluding hydrogens is 169 g/mol. The van der Waals surface area contributed by atoms with Gasteiger partial charge in [-0.25, -0.2) is 4.39 Å². The lowest BCUT2D eigenvalue weighted by molar-refractivity contribution is 0.199. The molecule has 0 saturated carbocycles. The van der Waals surface area contributed by atoms with Gasteiger partial charge in [-0.1, -0.05) is 6.07 Å². The minimum absolute atomic E-state index is 0.302. The summed E-state index contributed by atoms with van der Waals surface area (Å²) in [7, 11) is 3.56. The Morgan fingerprint density at radius 3 is 2.38 bits per heavy atom. The van der Waals surface area contributed by atoms with Crippen LogP contribution in [0.1, 0.15) is 18.6 Å². The molecule has 0 aliphatic heterocycles. The summed E-state index contributed by atoms with van der Waals surface area (Å²) in [5, 5.41) is 9.20. The maximum absolute atomic E-state index is 13.3. The molecule has 2 nitrogen and oxygen atoms in total. The van der Waals surface area contributed by atoms with Crippen molar-refractivity contribution < 1.29 is 9.50 Å². The number of nitrogens with zero attached hydrogens (tertiary/aromatic N) is 1. The van der Waals surface area contributed by atoms with Crippen molar-refractivity contribution in [1.29, 1.82) is 0 Å². The summed E-state index contributed by atoms with van der Waals surface area (Å²) < 4.78 is 13.3. The molecule has 0 aliphatic carbocycles. The molecule has 1 N–H and O–H groups in total. The minimum Gasteiger partial charge on any atom is -0.389 e. The fourth-order valence-corrected chi connectivity index (χ4v) is 1.15. The molecule has 1 atom stereocenters. The average molecular weight is 183 g/mol. The van der Waals surface area contributed by atoms with E-state index >= 15 is 0 Å². The van der Waals surface area contributed by atoms with E-state index in [0.717, 1.165) is 0 Å². The van der Waals surface area contributed by atoms with Crippen molar-refractivity contribution in [2.24, 2.45) is 0 Å². The molecule has 13 heavy (non-hydrogen) atoms. The third kappa shape index (κ3) is 2.18. The van der Waals surface area contributed by atoms with E-state index in [4.69, 9.17) is 0 Å². The van der Waals surface area contributed by atoms with Crippen LogP contribution in [-0.4, -0.2) is 19.2 Å². The van der Waals surface area contributed by atoms with E-state index in [0.29, 0.717) is 11.3 Å². The van der Waals surface area contributed by atoms with Gasteiger partial charge in [0.25, 0.3) is 0 Å². The Bertz CT molecular complexity index is 297. The first-order valence-corrected chi connectivity index (χ1v) is 4.17. The molecule has 0 aliphatic rings. The van der Waals surface area contributed by atoms with Gasteiger partial charge in [-0.15, -0.1) is 0 Å². The van der Waals surface area contributed by atoms with Gasteiger partial charge in [0.15, 0.2) is 0 Å². The highest BCUT2D eigenvalue weighted by Crippen LogP contribution is 2.21. The number of hydrogen-bond donors (Lipinski definition) is 1. The first-order valence-electron chi connectivity index (χ1n) is 4.17. The Labute approximate surface area is 77.6 Å². The number of halogens is 1. The Hall–Kier alpha value is -1.09. The predicted octanol–water partition coefficient (Wildman–Crippen LogP) is 1.95. The molecule has 1 aromatic rings. The van der Waals surface area contributed by atoms with Gasteiger partial charge in [0.05, 0.1) is 11.8 Å². The zero-order chi connectivity index (χ0) is 10.0. The summed E-state index contributed by atoms with van der Waals surface area (Å²) in [6.45, 7) is 1.62. The van der Waals surface area contributed by atoms with Gasteiger partial charge >= 0.3 is 0 Å². The molecule has 0 radical (unpaired) electrons. The molecule has 0 spiro atoms. The molecule has 1 rings (SSSR count). The van der Waals surface area contributed by atoms with Crippen molar-refractivity contribution >= 4 is 5.69 Å². The second-order valence-electron chi connectivity index (χ2n) is 3.28. The van der Waals surface area contributed by atoms with Crippen LogP contribution in [0.2, 0.25) is 0 Å². The maximum atomic E-state index is 13.3. The number of anilines is 1. The lowest BCUT2D eigenvalue weighted by Gasteiger charge is -2.14. The summed E-state index contributed by atoms with van der Waals surface area (Å²) in [5.74, 6) is -0.302. The van der Waals surface area contributed by atoms with E-state index in [1.165, 1.54) is 6.07 Å². The lowest BCUT2D eigenvalue weighted by Crippen LogP contribution is -2.10. The smallest absolute Gasteiger partial charge is 0.146 e. The van der Waals surface area contributed by atoms with Crippen LogP contribution >= 0.6 is 0 Å². The van der Waals surface area contributed by atoms with Gasteiger partial charge in [0.2, 0.25) is 0 Å². The molecule has 0 saturated heterocycles. The van der Waals surface area contributed by atoms with E-state index in [1.54, 1.807) is 38.1 Å². The number of aliphatic hydroxyl groups excluding tert-OH is 1. The zero-order valence-corrected chi connectivity index (χ0v) is 8.08. The number of hydrogen-bond acceptors (Lipinski definition) is 2.